The van der Waals surface area contributed by atoms with Crippen LogP contribution < -0.4 is 5.32 Å². The van der Waals surface area contributed by atoms with Crippen LogP contribution >= 0.6 is 0 Å². The van der Waals surface area contributed by atoms with E-state index in [0.29, 0.717) is 17.8 Å². The molecule has 0 radical (unpaired) electrons. The van der Waals surface area contributed by atoms with Gasteiger partial charge < -0.3 is 10.4 Å². The highest BCUT2D eigenvalue weighted by atomic mass is 16.3. The maximum atomic E-state index is 9.52. The molecule has 1 saturated carbocycles. The molecular formula is C16H25NO. The quantitative estimate of drug-likeness (QED) is 0.842. The van der Waals surface area contributed by atoms with Crippen LogP contribution in [0.3, 0.4) is 0 Å². The Morgan fingerprint density at radius 1 is 1.39 bits per heavy atom. The Balaban J connectivity index is 1.92. The zero-order chi connectivity index (χ0) is 13.0. The van der Waals surface area contributed by atoms with Crippen LogP contribution in [0.4, 0.5) is 0 Å². The Morgan fingerprint density at radius 3 is 2.94 bits per heavy atom. The first kappa shape index (κ1) is 13.4. The number of rotatable bonds is 4. The molecule has 2 rings (SSSR count). The number of aromatic hydroxyl groups is 1. The minimum atomic E-state index is 0.317. The summed E-state index contributed by atoms with van der Waals surface area (Å²) >= 11 is 0. The lowest BCUT2D eigenvalue weighted by Crippen LogP contribution is -2.35. The molecule has 0 saturated heterocycles. The molecule has 2 nitrogen and oxygen atoms in total. The fourth-order valence-corrected chi connectivity index (χ4v) is 3.06. The fraction of sp³-hybridized carbons (Fsp3) is 0.625. The summed E-state index contributed by atoms with van der Waals surface area (Å²) in [4.78, 5) is 0. The molecule has 0 heterocycles. The predicted octanol–water partition coefficient (Wildman–Crippen LogP) is 4.01. The zero-order valence-corrected chi connectivity index (χ0v) is 11.5. The lowest BCUT2D eigenvalue weighted by Gasteiger charge is -2.31. The van der Waals surface area contributed by atoms with E-state index in [4.69, 9.17) is 0 Å². The van der Waals surface area contributed by atoms with Crippen molar-refractivity contribution in [3.05, 3.63) is 29.8 Å². The number of benzene rings is 1. The Hall–Kier alpha value is -1.02. The predicted molar refractivity (Wildman–Crippen MR) is 75.7 cm³/mol. The van der Waals surface area contributed by atoms with Gasteiger partial charge in [-0.3, -0.25) is 0 Å². The number of phenolic OH excluding ortho intramolecular Hbond substituents is 1. The van der Waals surface area contributed by atoms with E-state index in [1.807, 2.05) is 12.1 Å². The molecule has 1 fully saturated rings. The molecule has 1 aromatic rings. The minimum absolute atomic E-state index is 0.317. The van der Waals surface area contributed by atoms with E-state index in [0.717, 1.165) is 5.92 Å². The second-order valence-corrected chi connectivity index (χ2v) is 5.62. The summed E-state index contributed by atoms with van der Waals surface area (Å²) in [5.41, 5.74) is 1.17. The molecule has 0 aromatic heterocycles. The van der Waals surface area contributed by atoms with E-state index in [1.54, 1.807) is 6.07 Å². The van der Waals surface area contributed by atoms with Crippen molar-refractivity contribution in [1.29, 1.82) is 0 Å². The van der Waals surface area contributed by atoms with Gasteiger partial charge >= 0.3 is 0 Å². The number of phenols is 1. The normalized spacial score (nSPS) is 25.9. The van der Waals surface area contributed by atoms with Crippen LogP contribution in [0.2, 0.25) is 0 Å². The monoisotopic (exact) mass is 247 g/mol. The van der Waals surface area contributed by atoms with Crippen LogP contribution in [0.15, 0.2) is 24.3 Å². The third kappa shape index (κ3) is 3.49. The molecule has 0 bridgehead atoms. The molecule has 0 spiro atoms. The molecule has 2 N–H and O–H groups in total. The number of nitrogens with one attached hydrogen (secondary N) is 1. The van der Waals surface area contributed by atoms with Crippen molar-refractivity contribution < 1.29 is 5.11 Å². The average Bonchev–Trinajstić information content (AvgIpc) is 2.39. The summed E-state index contributed by atoms with van der Waals surface area (Å²) in [5.74, 6) is 1.25. The zero-order valence-electron chi connectivity index (χ0n) is 11.5. The first-order chi connectivity index (χ1) is 8.69. The Bertz CT molecular complexity index is 377. The van der Waals surface area contributed by atoms with Crippen LogP contribution in [-0.4, -0.2) is 11.1 Å². The molecule has 2 heteroatoms. The summed E-state index contributed by atoms with van der Waals surface area (Å²) in [5, 5.41) is 13.2. The maximum Gasteiger partial charge on any atom is 0.115 e. The first-order valence-electron chi connectivity index (χ1n) is 7.24. The SMILES string of the molecule is CCC1CCCC(NC(C)c2cccc(O)c2)C1. The molecule has 1 aliphatic rings. The van der Waals surface area contributed by atoms with Crippen molar-refractivity contribution in [2.24, 2.45) is 5.92 Å². The minimum Gasteiger partial charge on any atom is -0.508 e. The number of hydrogen-bond donors (Lipinski definition) is 2. The molecule has 1 aromatic carbocycles. The molecule has 3 atom stereocenters. The second kappa shape index (κ2) is 6.24. The van der Waals surface area contributed by atoms with E-state index in [1.165, 1.54) is 37.7 Å². The van der Waals surface area contributed by atoms with Gasteiger partial charge in [-0.2, -0.15) is 0 Å². The third-order valence-electron chi connectivity index (χ3n) is 4.22. The Morgan fingerprint density at radius 2 is 2.22 bits per heavy atom. The second-order valence-electron chi connectivity index (χ2n) is 5.62. The topological polar surface area (TPSA) is 32.3 Å². The van der Waals surface area contributed by atoms with Crippen molar-refractivity contribution in [2.45, 2.75) is 58.0 Å². The van der Waals surface area contributed by atoms with Gasteiger partial charge in [-0.15, -0.1) is 0 Å². The van der Waals surface area contributed by atoms with Gasteiger partial charge in [0, 0.05) is 12.1 Å². The summed E-state index contributed by atoms with van der Waals surface area (Å²) in [6.07, 6.45) is 6.65. The van der Waals surface area contributed by atoms with Crippen LogP contribution in [0.5, 0.6) is 5.75 Å². The fourth-order valence-electron chi connectivity index (χ4n) is 3.06. The molecule has 0 aliphatic heterocycles. The van der Waals surface area contributed by atoms with E-state index < -0.39 is 0 Å². The van der Waals surface area contributed by atoms with Gasteiger partial charge in [-0.05, 0) is 43.4 Å². The van der Waals surface area contributed by atoms with Crippen molar-refractivity contribution >= 4 is 0 Å². The highest BCUT2D eigenvalue weighted by Gasteiger charge is 2.22. The van der Waals surface area contributed by atoms with Gasteiger partial charge in [0.25, 0.3) is 0 Å². The lowest BCUT2D eigenvalue weighted by atomic mass is 9.84. The van der Waals surface area contributed by atoms with Gasteiger partial charge in [0.15, 0.2) is 0 Å². The summed E-state index contributed by atoms with van der Waals surface area (Å²) in [6.45, 7) is 4.48. The summed E-state index contributed by atoms with van der Waals surface area (Å²) in [6, 6.07) is 8.54. The van der Waals surface area contributed by atoms with Crippen LogP contribution in [0.25, 0.3) is 0 Å². The smallest absolute Gasteiger partial charge is 0.115 e. The van der Waals surface area contributed by atoms with Gasteiger partial charge in [-0.25, -0.2) is 0 Å². The highest BCUT2D eigenvalue weighted by Crippen LogP contribution is 2.28. The van der Waals surface area contributed by atoms with Gasteiger partial charge in [-0.1, -0.05) is 38.3 Å². The van der Waals surface area contributed by atoms with Crippen molar-refractivity contribution in [3.63, 3.8) is 0 Å². The lowest BCUT2D eigenvalue weighted by molar-refractivity contribution is 0.266. The van der Waals surface area contributed by atoms with E-state index in [9.17, 15) is 5.11 Å². The van der Waals surface area contributed by atoms with Crippen molar-refractivity contribution in [1.82, 2.24) is 5.32 Å². The third-order valence-corrected chi connectivity index (χ3v) is 4.22. The molecule has 0 amide bonds. The van der Waals surface area contributed by atoms with E-state index in [2.05, 4.69) is 25.2 Å². The summed E-state index contributed by atoms with van der Waals surface area (Å²) < 4.78 is 0. The van der Waals surface area contributed by atoms with E-state index >= 15 is 0 Å². The number of hydrogen-bond acceptors (Lipinski definition) is 2. The van der Waals surface area contributed by atoms with Crippen molar-refractivity contribution in [2.75, 3.05) is 0 Å². The standard InChI is InChI=1S/C16H25NO/c1-3-13-6-4-8-15(10-13)17-12(2)14-7-5-9-16(18)11-14/h5,7,9,11-13,15,17-18H,3-4,6,8,10H2,1-2H3. The summed E-state index contributed by atoms with van der Waals surface area (Å²) in [7, 11) is 0. The molecule has 1 aliphatic carbocycles. The largest absolute Gasteiger partial charge is 0.508 e. The molecule has 100 valence electrons. The van der Waals surface area contributed by atoms with Crippen molar-refractivity contribution in [3.8, 4) is 5.75 Å². The van der Waals surface area contributed by atoms with Crippen LogP contribution in [-0.2, 0) is 0 Å². The Kier molecular flexibility index (Phi) is 4.65. The molecule has 18 heavy (non-hydrogen) atoms. The van der Waals surface area contributed by atoms with Gasteiger partial charge in [0.05, 0.1) is 0 Å². The maximum absolute atomic E-state index is 9.52. The molecular weight excluding hydrogens is 222 g/mol. The molecule has 3 unspecified atom stereocenters. The average molecular weight is 247 g/mol. The first-order valence-corrected chi connectivity index (χ1v) is 7.24. The van der Waals surface area contributed by atoms with Crippen LogP contribution in [0, 0.1) is 5.92 Å². The van der Waals surface area contributed by atoms with Gasteiger partial charge in [0.1, 0.15) is 5.75 Å². The highest BCUT2D eigenvalue weighted by molar-refractivity contribution is 5.29. The van der Waals surface area contributed by atoms with Gasteiger partial charge in [0.2, 0.25) is 0 Å². The Labute approximate surface area is 110 Å². The van der Waals surface area contributed by atoms with E-state index in [-0.39, 0.29) is 0 Å². The van der Waals surface area contributed by atoms with Crippen LogP contribution in [0.1, 0.15) is 57.6 Å².